The molecule has 0 atom stereocenters. The molecule has 5 nitrogen and oxygen atoms in total. The number of alkyl halides is 3. The maximum Gasteiger partial charge on any atom is 0.416 e. The Kier molecular flexibility index (Phi) is 5.79. The minimum Gasteiger partial charge on any atom is -0.322 e. The molecule has 0 bridgehead atoms. The maximum atomic E-state index is 12.9. The van der Waals surface area contributed by atoms with Gasteiger partial charge in [0.25, 0.3) is 5.91 Å². The topological polar surface area (TPSA) is 66.5 Å². The smallest absolute Gasteiger partial charge is 0.322 e. The van der Waals surface area contributed by atoms with Gasteiger partial charge < -0.3 is 5.32 Å². The number of carbonyl (C=O) groups excluding carboxylic acids is 1. The number of nitrogens with zero attached hydrogens (tertiary/aromatic N) is 1. The van der Waals surface area contributed by atoms with E-state index in [2.05, 4.69) is 5.32 Å². The van der Waals surface area contributed by atoms with Crippen molar-refractivity contribution in [3.8, 4) is 0 Å². The van der Waals surface area contributed by atoms with Crippen LogP contribution in [0.25, 0.3) is 0 Å². The molecule has 0 aliphatic carbocycles. The van der Waals surface area contributed by atoms with Crippen LogP contribution >= 0.6 is 0 Å². The van der Waals surface area contributed by atoms with E-state index in [9.17, 15) is 26.4 Å². The third-order valence-corrected chi connectivity index (χ3v) is 7.13. The average molecular weight is 460 g/mol. The number of anilines is 1. The quantitative estimate of drug-likeness (QED) is 0.614. The minimum atomic E-state index is -4.55. The Labute approximate surface area is 183 Å². The lowest BCUT2D eigenvalue weighted by molar-refractivity contribution is -0.137. The molecule has 0 saturated carbocycles. The molecule has 0 spiro atoms. The number of benzene rings is 3. The summed E-state index contributed by atoms with van der Waals surface area (Å²) in [5.41, 5.74) is 1.05. The second-order valence-electron chi connectivity index (χ2n) is 7.42. The van der Waals surface area contributed by atoms with Crippen LogP contribution in [0.5, 0.6) is 0 Å². The normalized spacial score (nSPS) is 14.6. The summed E-state index contributed by atoms with van der Waals surface area (Å²) in [5, 5.41) is 2.60. The van der Waals surface area contributed by atoms with Crippen molar-refractivity contribution in [2.24, 2.45) is 0 Å². The van der Waals surface area contributed by atoms with Crippen LogP contribution in [0.15, 0.2) is 77.7 Å². The number of hydrogen-bond donors (Lipinski definition) is 1. The molecular weight excluding hydrogens is 441 g/mol. The van der Waals surface area contributed by atoms with Gasteiger partial charge in [0.2, 0.25) is 10.0 Å². The number of rotatable bonds is 4. The van der Waals surface area contributed by atoms with Crippen molar-refractivity contribution in [3.05, 3.63) is 95.1 Å². The van der Waals surface area contributed by atoms with Crippen LogP contribution in [0, 0.1) is 0 Å². The van der Waals surface area contributed by atoms with Gasteiger partial charge in [-0.3, -0.25) is 4.79 Å². The predicted molar refractivity (Wildman–Crippen MR) is 114 cm³/mol. The monoisotopic (exact) mass is 460 g/mol. The second-order valence-corrected chi connectivity index (χ2v) is 9.36. The molecule has 0 radical (unpaired) electrons. The molecule has 0 fully saturated rings. The Hall–Kier alpha value is -3.17. The van der Waals surface area contributed by atoms with E-state index < -0.39 is 27.7 Å². The standard InChI is InChI=1S/C23H19F3N2O3S/c24-23(25,26)19-6-4-5-17(13-19)22(29)27-20-10-9-16-11-12-28(15-18(16)14-20)32(30,31)21-7-2-1-3-8-21/h1-10,13-14H,11-12,15H2,(H,27,29). The van der Waals surface area contributed by atoms with Crippen molar-refractivity contribution in [2.75, 3.05) is 11.9 Å². The summed E-state index contributed by atoms with van der Waals surface area (Å²) in [6.45, 7) is 0.472. The van der Waals surface area contributed by atoms with Crippen LogP contribution in [-0.4, -0.2) is 25.2 Å². The molecule has 4 rings (SSSR count). The van der Waals surface area contributed by atoms with Crippen molar-refractivity contribution in [1.29, 1.82) is 0 Å². The van der Waals surface area contributed by atoms with E-state index in [0.717, 1.165) is 23.3 Å². The van der Waals surface area contributed by atoms with Gasteiger partial charge >= 0.3 is 6.18 Å². The van der Waals surface area contributed by atoms with Gasteiger partial charge in [-0.1, -0.05) is 30.3 Å². The van der Waals surface area contributed by atoms with E-state index >= 15 is 0 Å². The van der Waals surface area contributed by atoms with Crippen LogP contribution in [-0.2, 0) is 29.2 Å². The number of carbonyl (C=O) groups is 1. The fraction of sp³-hybridized carbons (Fsp3) is 0.174. The molecule has 1 heterocycles. The summed E-state index contributed by atoms with van der Waals surface area (Å²) in [6, 6.07) is 17.4. The van der Waals surface area contributed by atoms with E-state index in [-0.39, 0.29) is 17.0 Å². The molecule has 0 saturated heterocycles. The zero-order chi connectivity index (χ0) is 22.9. The van der Waals surface area contributed by atoms with Gasteiger partial charge in [0, 0.05) is 24.3 Å². The first kappa shape index (κ1) is 22.0. The highest BCUT2D eigenvalue weighted by molar-refractivity contribution is 7.89. The minimum absolute atomic E-state index is 0.120. The molecule has 1 amide bonds. The van der Waals surface area contributed by atoms with Gasteiger partial charge in [-0.15, -0.1) is 0 Å². The van der Waals surface area contributed by atoms with Gasteiger partial charge in [-0.05, 0) is 60.0 Å². The first-order valence-electron chi connectivity index (χ1n) is 9.80. The number of amides is 1. The van der Waals surface area contributed by atoms with Crippen LogP contribution < -0.4 is 5.32 Å². The fourth-order valence-corrected chi connectivity index (χ4v) is 5.04. The molecule has 1 aliphatic heterocycles. The Morgan fingerprint density at radius 2 is 1.66 bits per heavy atom. The van der Waals surface area contributed by atoms with Gasteiger partial charge in [-0.25, -0.2) is 8.42 Å². The SMILES string of the molecule is O=C(Nc1ccc2c(c1)CN(S(=O)(=O)c1ccccc1)CC2)c1cccc(C(F)(F)F)c1. The van der Waals surface area contributed by atoms with E-state index in [0.29, 0.717) is 18.7 Å². The van der Waals surface area contributed by atoms with E-state index in [1.54, 1.807) is 36.4 Å². The molecule has 1 aliphatic rings. The Bertz CT molecular complexity index is 1260. The third kappa shape index (κ3) is 4.53. The molecule has 0 unspecified atom stereocenters. The highest BCUT2D eigenvalue weighted by Gasteiger charge is 2.31. The molecule has 3 aromatic carbocycles. The highest BCUT2D eigenvalue weighted by Crippen LogP contribution is 2.30. The molecule has 32 heavy (non-hydrogen) atoms. The van der Waals surface area contributed by atoms with Crippen molar-refractivity contribution in [2.45, 2.75) is 24.0 Å². The molecule has 1 N–H and O–H groups in total. The highest BCUT2D eigenvalue weighted by atomic mass is 32.2. The summed E-state index contributed by atoms with van der Waals surface area (Å²) < 4.78 is 66.0. The van der Waals surface area contributed by atoms with Crippen molar-refractivity contribution in [1.82, 2.24) is 4.31 Å². The lowest BCUT2D eigenvalue weighted by Gasteiger charge is -2.28. The van der Waals surface area contributed by atoms with Crippen molar-refractivity contribution >= 4 is 21.6 Å². The fourth-order valence-electron chi connectivity index (χ4n) is 3.60. The first-order chi connectivity index (χ1) is 15.1. The van der Waals surface area contributed by atoms with Gasteiger partial charge in [-0.2, -0.15) is 17.5 Å². The number of halogens is 3. The Morgan fingerprint density at radius 1 is 0.906 bits per heavy atom. The van der Waals surface area contributed by atoms with Crippen LogP contribution in [0.3, 0.4) is 0 Å². The van der Waals surface area contributed by atoms with Crippen LogP contribution in [0.1, 0.15) is 27.0 Å². The largest absolute Gasteiger partial charge is 0.416 e. The van der Waals surface area contributed by atoms with E-state index in [1.165, 1.54) is 28.6 Å². The lowest BCUT2D eigenvalue weighted by atomic mass is 10.0. The van der Waals surface area contributed by atoms with Crippen molar-refractivity contribution in [3.63, 3.8) is 0 Å². The van der Waals surface area contributed by atoms with E-state index in [1.807, 2.05) is 0 Å². The number of nitrogens with one attached hydrogen (secondary N) is 1. The third-order valence-electron chi connectivity index (χ3n) is 5.27. The molecule has 3 aromatic rings. The summed E-state index contributed by atoms with van der Waals surface area (Å²) in [5.74, 6) is -0.680. The lowest BCUT2D eigenvalue weighted by Crippen LogP contribution is -2.36. The van der Waals surface area contributed by atoms with Gasteiger partial charge in [0.15, 0.2) is 0 Å². The predicted octanol–water partition coefficient (Wildman–Crippen LogP) is 4.70. The number of fused-ring (bicyclic) bond motifs is 1. The first-order valence-corrected chi connectivity index (χ1v) is 11.2. The van der Waals surface area contributed by atoms with Crippen molar-refractivity contribution < 1.29 is 26.4 Å². The maximum absolute atomic E-state index is 12.9. The van der Waals surface area contributed by atoms with Crippen LogP contribution in [0.2, 0.25) is 0 Å². The molecule has 9 heteroatoms. The summed E-state index contributed by atoms with van der Waals surface area (Å²) >= 11 is 0. The summed E-state index contributed by atoms with van der Waals surface area (Å²) in [6.07, 6.45) is -4.03. The Morgan fingerprint density at radius 3 is 2.38 bits per heavy atom. The number of hydrogen-bond acceptors (Lipinski definition) is 3. The molecule has 0 aromatic heterocycles. The Balaban J connectivity index is 1.54. The van der Waals surface area contributed by atoms with Crippen LogP contribution in [0.4, 0.5) is 18.9 Å². The van der Waals surface area contributed by atoms with E-state index in [4.69, 9.17) is 0 Å². The molecule has 166 valence electrons. The zero-order valence-electron chi connectivity index (χ0n) is 16.8. The molecular formula is C23H19F3N2O3S. The zero-order valence-corrected chi connectivity index (χ0v) is 17.6. The van der Waals surface area contributed by atoms with Gasteiger partial charge in [0.1, 0.15) is 0 Å². The number of sulfonamides is 1. The summed E-state index contributed by atoms with van der Waals surface area (Å²) in [4.78, 5) is 12.7. The second kappa shape index (κ2) is 8.40. The summed E-state index contributed by atoms with van der Waals surface area (Å²) in [7, 11) is -3.66. The average Bonchev–Trinajstić information content (AvgIpc) is 2.78. The van der Waals surface area contributed by atoms with Gasteiger partial charge in [0.05, 0.1) is 10.5 Å².